The number of nitrogens with zero attached hydrogens (tertiary/aromatic N) is 2. The van der Waals surface area contributed by atoms with Crippen molar-refractivity contribution >= 4 is 11.6 Å². The summed E-state index contributed by atoms with van der Waals surface area (Å²) in [6.07, 6.45) is 0.485. The van der Waals surface area contributed by atoms with Gasteiger partial charge in [0.25, 0.3) is 0 Å². The highest BCUT2D eigenvalue weighted by Crippen LogP contribution is 2.35. The zero-order chi connectivity index (χ0) is 13.2. The van der Waals surface area contributed by atoms with Gasteiger partial charge < -0.3 is 9.47 Å². The van der Waals surface area contributed by atoms with Crippen LogP contribution in [0, 0.1) is 0 Å². The minimum absolute atomic E-state index is 0.320. The highest BCUT2D eigenvalue weighted by atomic mass is 35.5. The van der Waals surface area contributed by atoms with Crippen LogP contribution in [0.1, 0.15) is 24.5 Å². The first kappa shape index (κ1) is 12.2. The Balaban J connectivity index is 1.90. The first-order valence-corrected chi connectivity index (χ1v) is 6.56. The van der Waals surface area contributed by atoms with Crippen LogP contribution < -0.4 is 9.47 Å². The maximum atomic E-state index is 6.00. The van der Waals surface area contributed by atoms with Crippen molar-refractivity contribution in [2.45, 2.75) is 19.4 Å². The number of rotatable bonds is 2. The lowest BCUT2D eigenvalue weighted by Crippen LogP contribution is -2.24. The summed E-state index contributed by atoms with van der Waals surface area (Å²) in [5.41, 5.74) is 0.900. The first-order valence-electron chi connectivity index (χ1n) is 6.18. The van der Waals surface area contributed by atoms with Gasteiger partial charge in [0.1, 0.15) is 11.8 Å². The number of benzene rings is 1. The fraction of sp³-hybridized carbons (Fsp3) is 0.286. The minimum atomic E-state index is -0.320. The Hall–Kier alpha value is -1.81. The van der Waals surface area contributed by atoms with Crippen LogP contribution in [0.2, 0.25) is 5.15 Å². The van der Waals surface area contributed by atoms with Crippen molar-refractivity contribution in [2.24, 2.45) is 0 Å². The molecule has 1 unspecified atom stereocenters. The maximum absolute atomic E-state index is 6.00. The van der Waals surface area contributed by atoms with E-state index >= 15 is 0 Å². The second-order valence-corrected chi connectivity index (χ2v) is 4.65. The average Bonchev–Trinajstić information content (AvgIpc) is 2.46. The summed E-state index contributed by atoms with van der Waals surface area (Å²) in [5, 5.41) is 0.435. The average molecular weight is 277 g/mol. The van der Waals surface area contributed by atoms with Crippen LogP contribution in [-0.2, 0) is 6.42 Å². The predicted molar refractivity (Wildman–Crippen MR) is 71.7 cm³/mol. The van der Waals surface area contributed by atoms with Crippen LogP contribution in [0.4, 0.5) is 0 Å². The fourth-order valence-electron chi connectivity index (χ4n) is 1.96. The van der Waals surface area contributed by atoms with Crippen molar-refractivity contribution < 1.29 is 9.47 Å². The number of aryl methyl sites for hydroxylation is 1. The van der Waals surface area contributed by atoms with E-state index in [0.717, 1.165) is 17.9 Å². The zero-order valence-electron chi connectivity index (χ0n) is 10.5. The molecule has 2 aromatic rings. The lowest BCUT2D eigenvalue weighted by Gasteiger charge is -2.25. The molecule has 4 nitrogen and oxygen atoms in total. The molecule has 98 valence electrons. The maximum Gasteiger partial charge on any atom is 0.192 e. The fourth-order valence-corrected chi connectivity index (χ4v) is 2.17. The monoisotopic (exact) mass is 276 g/mol. The summed E-state index contributed by atoms with van der Waals surface area (Å²) in [6, 6.07) is 9.33. The molecule has 1 aliphatic heterocycles. The molecule has 1 atom stereocenters. The number of hydrogen-bond donors (Lipinski definition) is 0. The number of hydrogen-bond acceptors (Lipinski definition) is 4. The van der Waals surface area contributed by atoms with Crippen molar-refractivity contribution in [3.8, 4) is 11.5 Å². The Bertz CT molecular complexity index is 604. The van der Waals surface area contributed by atoms with Crippen LogP contribution >= 0.6 is 11.6 Å². The molecule has 2 heterocycles. The van der Waals surface area contributed by atoms with E-state index in [-0.39, 0.29) is 6.10 Å². The summed E-state index contributed by atoms with van der Waals surface area (Å²) in [5.74, 6) is 2.02. The number of halogens is 1. The summed E-state index contributed by atoms with van der Waals surface area (Å²) < 4.78 is 11.5. The molecule has 0 bridgehead atoms. The lowest BCUT2D eigenvalue weighted by molar-refractivity contribution is 0.0849. The molecule has 0 N–H and O–H groups in total. The van der Waals surface area contributed by atoms with Crippen LogP contribution in [0.5, 0.6) is 11.5 Å². The van der Waals surface area contributed by atoms with Gasteiger partial charge in [-0.05, 0) is 24.6 Å². The first-order chi connectivity index (χ1) is 9.26. The van der Waals surface area contributed by atoms with E-state index in [2.05, 4.69) is 9.97 Å². The van der Waals surface area contributed by atoms with E-state index in [4.69, 9.17) is 21.1 Å². The largest absolute Gasteiger partial charge is 0.485 e. The molecule has 1 aliphatic rings. The third kappa shape index (κ3) is 2.49. The van der Waals surface area contributed by atoms with Gasteiger partial charge >= 0.3 is 0 Å². The van der Waals surface area contributed by atoms with Crippen LogP contribution in [0.15, 0.2) is 30.3 Å². The smallest absolute Gasteiger partial charge is 0.192 e. The molecule has 0 radical (unpaired) electrons. The van der Waals surface area contributed by atoms with E-state index < -0.39 is 0 Å². The van der Waals surface area contributed by atoms with Gasteiger partial charge in [-0.1, -0.05) is 30.7 Å². The van der Waals surface area contributed by atoms with Gasteiger partial charge in [-0.25, -0.2) is 9.97 Å². The molecule has 0 spiro atoms. The molecule has 0 amide bonds. The van der Waals surface area contributed by atoms with Crippen molar-refractivity contribution in [3.63, 3.8) is 0 Å². The molecule has 0 aliphatic carbocycles. The molecule has 0 saturated heterocycles. The highest BCUT2D eigenvalue weighted by Gasteiger charge is 2.25. The lowest BCUT2D eigenvalue weighted by atomic mass is 10.2. The predicted octanol–water partition coefficient (Wildman–Crippen LogP) is 3.20. The molecular weight excluding hydrogens is 264 g/mol. The third-order valence-corrected chi connectivity index (χ3v) is 3.12. The van der Waals surface area contributed by atoms with E-state index in [1.807, 2.05) is 31.2 Å². The molecule has 3 rings (SSSR count). The van der Waals surface area contributed by atoms with Crippen molar-refractivity contribution in [1.82, 2.24) is 9.97 Å². The van der Waals surface area contributed by atoms with Gasteiger partial charge in [-0.2, -0.15) is 0 Å². The Morgan fingerprint density at radius 3 is 2.84 bits per heavy atom. The summed E-state index contributed by atoms with van der Waals surface area (Å²) in [6.45, 7) is 2.41. The minimum Gasteiger partial charge on any atom is -0.485 e. The molecule has 5 heteroatoms. The van der Waals surface area contributed by atoms with Crippen molar-refractivity contribution in [1.29, 1.82) is 0 Å². The van der Waals surface area contributed by atoms with Crippen LogP contribution in [0.3, 0.4) is 0 Å². The Morgan fingerprint density at radius 2 is 2.05 bits per heavy atom. The standard InChI is InChI=1S/C14H13ClN2O2/c1-2-9-7-13(15)17-14(16-9)12-8-18-10-5-3-4-6-11(10)19-12/h3-7,12H,2,8H2,1H3. The molecular formula is C14H13ClN2O2. The number of para-hydroxylation sites is 2. The number of fused-ring (bicyclic) bond motifs is 1. The Kier molecular flexibility index (Phi) is 3.25. The van der Waals surface area contributed by atoms with Gasteiger partial charge in [0.15, 0.2) is 23.4 Å². The van der Waals surface area contributed by atoms with Gasteiger partial charge in [-0.3, -0.25) is 0 Å². The molecule has 1 aromatic carbocycles. The van der Waals surface area contributed by atoms with Gasteiger partial charge in [-0.15, -0.1) is 0 Å². The quantitative estimate of drug-likeness (QED) is 0.790. The molecule has 0 fully saturated rings. The van der Waals surface area contributed by atoms with Crippen molar-refractivity contribution in [2.75, 3.05) is 6.61 Å². The van der Waals surface area contributed by atoms with Gasteiger partial charge in [0.05, 0.1) is 0 Å². The van der Waals surface area contributed by atoms with E-state index in [1.165, 1.54) is 0 Å². The number of ether oxygens (including phenoxy) is 2. The normalized spacial score (nSPS) is 17.3. The van der Waals surface area contributed by atoms with Crippen LogP contribution in [0.25, 0.3) is 0 Å². The van der Waals surface area contributed by atoms with E-state index in [9.17, 15) is 0 Å². The second-order valence-electron chi connectivity index (χ2n) is 4.26. The Labute approximate surface area is 116 Å². The van der Waals surface area contributed by atoms with Gasteiger partial charge in [0, 0.05) is 5.69 Å². The molecule has 1 aromatic heterocycles. The van der Waals surface area contributed by atoms with E-state index in [0.29, 0.717) is 23.3 Å². The second kappa shape index (κ2) is 5.05. The highest BCUT2D eigenvalue weighted by molar-refractivity contribution is 6.29. The topological polar surface area (TPSA) is 44.2 Å². The van der Waals surface area contributed by atoms with Crippen molar-refractivity contribution in [3.05, 3.63) is 47.0 Å². The summed E-state index contributed by atoms with van der Waals surface area (Å²) in [4.78, 5) is 8.68. The summed E-state index contributed by atoms with van der Waals surface area (Å²) >= 11 is 6.00. The van der Waals surface area contributed by atoms with Gasteiger partial charge in [0.2, 0.25) is 0 Å². The van der Waals surface area contributed by atoms with E-state index in [1.54, 1.807) is 6.07 Å². The third-order valence-electron chi connectivity index (χ3n) is 2.92. The molecule has 19 heavy (non-hydrogen) atoms. The SMILES string of the molecule is CCc1cc(Cl)nc(C2COc3ccccc3O2)n1. The zero-order valence-corrected chi connectivity index (χ0v) is 11.2. The summed E-state index contributed by atoms with van der Waals surface area (Å²) in [7, 11) is 0. The molecule has 0 saturated carbocycles. The Morgan fingerprint density at radius 1 is 1.26 bits per heavy atom. The number of aromatic nitrogens is 2. The van der Waals surface area contributed by atoms with Crippen LogP contribution in [-0.4, -0.2) is 16.6 Å².